The van der Waals surface area contributed by atoms with E-state index in [9.17, 15) is 5.11 Å². The quantitative estimate of drug-likeness (QED) is 0.419. The fourth-order valence-corrected chi connectivity index (χ4v) is 4.49. The number of rotatable bonds is 10. The van der Waals surface area contributed by atoms with E-state index in [1.54, 1.807) is 7.11 Å². The highest BCUT2D eigenvalue weighted by atomic mass is 28.4. The fourth-order valence-electron chi connectivity index (χ4n) is 3.15. The Hall–Kier alpha value is -1.82. The Bertz CT molecular complexity index is 814. The molecular formula is C26H40O4Si. The van der Waals surface area contributed by atoms with Crippen LogP contribution >= 0.6 is 0 Å². The maximum Gasteiger partial charge on any atom is 0.192 e. The van der Waals surface area contributed by atoms with Gasteiger partial charge in [-0.2, -0.15) is 0 Å². The number of aliphatic hydroxyl groups excluding tert-OH is 1. The number of ether oxygens (including phenoxy) is 2. The normalized spacial score (nSPS) is 15.3. The van der Waals surface area contributed by atoms with Gasteiger partial charge in [0.15, 0.2) is 19.8 Å². The summed E-state index contributed by atoms with van der Waals surface area (Å²) in [4.78, 5) is 0. The molecule has 0 aromatic heterocycles. The predicted molar refractivity (Wildman–Crippen MR) is 130 cm³/mol. The number of aliphatic hydroxyl groups is 1. The van der Waals surface area contributed by atoms with Crippen LogP contribution in [-0.4, -0.2) is 27.1 Å². The van der Waals surface area contributed by atoms with Crippen molar-refractivity contribution in [3.63, 3.8) is 0 Å². The van der Waals surface area contributed by atoms with Gasteiger partial charge in [-0.25, -0.2) is 0 Å². The van der Waals surface area contributed by atoms with E-state index in [1.807, 2.05) is 42.5 Å². The second-order valence-corrected chi connectivity index (χ2v) is 14.8. The van der Waals surface area contributed by atoms with Crippen LogP contribution in [0.1, 0.15) is 51.8 Å². The van der Waals surface area contributed by atoms with Gasteiger partial charge in [0.2, 0.25) is 0 Å². The average molecular weight is 445 g/mol. The molecule has 0 radical (unpaired) electrons. The Morgan fingerprint density at radius 3 is 2.16 bits per heavy atom. The summed E-state index contributed by atoms with van der Waals surface area (Å²) in [6.45, 7) is 16.1. The van der Waals surface area contributed by atoms with Gasteiger partial charge in [0.1, 0.15) is 6.61 Å². The zero-order valence-electron chi connectivity index (χ0n) is 20.4. The first-order chi connectivity index (χ1) is 14.5. The van der Waals surface area contributed by atoms with E-state index in [1.165, 1.54) is 0 Å². The third-order valence-corrected chi connectivity index (χ3v) is 11.1. The maximum atomic E-state index is 9.79. The first kappa shape index (κ1) is 25.4. The lowest BCUT2D eigenvalue weighted by atomic mass is 9.87. The Kier molecular flexibility index (Phi) is 8.75. The molecule has 1 N–H and O–H groups in total. The molecule has 4 nitrogen and oxygen atoms in total. The summed E-state index contributed by atoms with van der Waals surface area (Å²) >= 11 is 0. The van der Waals surface area contributed by atoms with Crippen LogP contribution in [0, 0.1) is 11.8 Å². The summed E-state index contributed by atoms with van der Waals surface area (Å²) in [5.74, 6) is 1.68. The lowest BCUT2D eigenvalue weighted by Crippen LogP contribution is -2.43. The van der Waals surface area contributed by atoms with E-state index in [0.717, 1.165) is 11.1 Å². The number of hydrogen-bond donors (Lipinski definition) is 1. The topological polar surface area (TPSA) is 47.9 Å². The summed E-state index contributed by atoms with van der Waals surface area (Å²) in [6, 6.07) is 16.2. The standard InChI is InChI=1S/C26H40O4Si/c1-19(17-27)20(2)25(30-31(7,8)26(3,4)5)22-14-15-23(24(16-22)28-6)29-18-21-12-10-9-11-13-21/h9-16,19-20,25,27H,17-18H2,1-8H3/t19-,20-,25-/m0/s1. The molecule has 3 atom stereocenters. The summed E-state index contributed by atoms with van der Waals surface area (Å²) < 4.78 is 18.6. The molecule has 2 aromatic rings. The van der Waals surface area contributed by atoms with E-state index < -0.39 is 8.32 Å². The molecule has 0 saturated heterocycles. The molecule has 0 aliphatic rings. The Labute approximate surface area is 189 Å². The van der Waals surface area contributed by atoms with Gasteiger partial charge in [0, 0.05) is 6.61 Å². The molecule has 0 fully saturated rings. The van der Waals surface area contributed by atoms with E-state index >= 15 is 0 Å². The highest BCUT2D eigenvalue weighted by Crippen LogP contribution is 2.44. The van der Waals surface area contributed by atoms with E-state index in [0.29, 0.717) is 18.1 Å². The Balaban J connectivity index is 2.34. The highest BCUT2D eigenvalue weighted by Gasteiger charge is 2.41. The van der Waals surface area contributed by atoms with Crippen LogP contribution in [-0.2, 0) is 11.0 Å². The molecule has 0 heterocycles. The van der Waals surface area contributed by atoms with Crippen molar-refractivity contribution in [1.82, 2.24) is 0 Å². The molecule has 0 aliphatic heterocycles. The zero-order valence-corrected chi connectivity index (χ0v) is 21.4. The number of hydrogen-bond acceptors (Lipinski definition) is 4. The predicted octanol–water partition coefficient (Wildman–Crippen LogP) is 6.60. The largest absolute Gasteiger partial charge is 0.493 e. The average Bonchev–Trinajstić information content (AvgIpc) is 2.74. The molecule has 0 spiro atoms. The van der Waals surface area contributed by atoms with Gasteiger partial charge in [-0.1, -0.05) is 71.0 Å². The minimum Gasteiger partial charge on any atom is -0.493 e. The minimum absolute atomic E-state index is 0.0935. The maximum absolute atomic E-state index is 9.79. The van der Waals surface area contributed by atoms with Gasteiger partial charge in [-0.3, -0.25) is 0 Å². The van der Waals surface area contributed by atoms with Crippen molar-refractivity contribution in [3.8, 4) is 11.5 Å². The van der Waals surface area contributed by atoms with Gasteiger partial charge in [0.25, 0.3) is 0 Å². The molecule has 172 valence electrons. The molecule has 5 heteroatoms. The zero-order chi connectivity index (χ0) is 23.2. The molecular weight excluding hydrogens is 404 g/mol. The molecule has 2 rings (SSSR count). The summed E-state index contributed by atoms with van der Waals surface area (Å²) in [6.07, 6.45) is -0.125. The van der Waals surface area contributed by atoms with Crippen LogP contribution in [0.3, 0.4) is 0 Å². The fraction of sp³-hybridized carbons (Fsp3) is 0.538. The number of benzene rings is 2. The summed E-state index contributed by atoms with van der Waals surface area (Å²) in [5, 5.41) is 9.89. The second kappa shape index (κ2) is 10.7. The Morgan fingerprint density at radius 2 is 1.61 bits per heavy atom. The van der Waals surface area contributed by atoms with Crippen LogP contribution in [0.25, 0.3) is 0 Å². The highest BCUT2D eigenvalue weighted by molar-refractivity contribution is 6.74. The molecule has 0 saturated carbocycles. The van der Waals surface area contributed by atoms with Crippen molar-refractivity contribution >= 4 is 8.32 Å². The van der Waals surface area contributed by atoms with Crippen LogP contribution in [0.5, 0.6) is 11.5 Å². The van der Waals surface area contributed by atoms with Gasteiger partial charge in [-0.15, -0.1) is 0 Å². The third-order valence-electron chi connectivity index (χ3n) is 6.64. The summed E-state index contributed by atoms with van der Waals surface area (Å²) in [7, 11) is -0.362. The number of methoxy groups -OCH3 is 1. The third kappa shape index (κ3) is 6.58. The summed E-state index contributed by atoms with van der Waals surface area (Å²) in [5.41, 5.74) is 2.17. The van der Waals surface area contributed by atoms with Gasteiger partial charge >= 0.3 is 0 Å². The van der Waals surface area contributed by atoms with Crippen LogP contribution in [0.2, 0.25) is 18.1 Å². The molecule has 2 aromatic carbocycles. The first-order valence-electron chi connectivity index (χ1n) is 11.1. The van der Waals surface area contributed by atoms with Crippen molar-refractivity contribution in [3.05, 3.63) is 59.7 Å². The van der Waals surface area contributed by atoms with Gasteiger partial charge in [0.05, 0.1) is 13.2 Å². The van der Waals surface area contributed by atoms with Crippen molar-refractivity contribution in [2.75, 3.05) is 13.7 Å². The first-order valence-corrected chi connectivity index (χ1v) is 14.0. The van der Waals surface area contributed by atoms with Crippen LogP contribution < -0.4 is 9.47 Å². The molecule has 0 amide bonds. The lowest BCUT2D eigenvalue weighted by molar-refractivity contribution is 0.0718. The van der Waals surface area contributed by atoms with Gasteiger partial charge in [-0.05, 0) is 53.2 Å². The van der Waals surface area contributed by atoms with Crippen molar-refractivity contribution in [2.45, 2.75) is 65.5 Å². The van der Waals surface area contributed by atoms with Crippen LogP contribution in [0.4, 0.5) is 0 Å². The lowest BCUT2D eigenvalue weighted by Gasteiger charge is -2.42. The van der Waals surface area contributed by atoms with E-state index in [4.69, 9.17) is 13.9 Å². The van der Waals surface area contributed by atoms with Crippen molar-refractivity contribution < 1.29 is 19.0 Å². The second-order valence-electron chi connectivity index (χ2n) is 10.0. The molecule has 0 bridgehead atoms. The van der Waals surface area contributed by atoms with Crippen LogP contribution in [0.15, 0.2) is 48.5 Å². The molecule has 0 aliphatic carbocycles. The SMILES string of the molecule is COc1cc([C@@H](O[Si](C)(C)C(C)(C)C)[C@@H](C)[C@@H](C)CO)ccc1OCc1ccccc1. The minimum atomic E-state index is -2.03. The molecule has 31 heavy (non-hydrogen) atoms. The van der Waals surface area contributed by atoms with Crippen molar-refractivity contribution in [2.24, 2.45) is 11.8 Å². The van der Waals surface area contributed by atoms with E-state index in [2.05, 4.69) is 53.8 Å². The molecule has 0 unspecified atom stereocenters. The smallest absolute Gasteiger partial charge is 0.192 e. The van der Waals surface area contributed by atoms with Gasteiger partial charge < -0.3 is 19.0 Å². The monoisotopic (exact) mass is 444 g/mol. The Morgan fingerprint density at radius 1 is 0.968 bits per heavy atom. The van der Waals surface area contributed by atoms with E-state index in [-0.39, 0.29) is 29.6 Å². The van der Waals surface area contributed by atoms with Crippen molar-refractivity contribution in [1.29, 1.82) is 0 Å².